The van der Waals surface area contributed by atoms with Crippen molar-refractivity contribution in [2.45, 2.75) is 64.5 Å². The molecule has 2 aromatic carbocycles. The maximum atomic E-state index is 13.7. The van der Waals surface area contributed by atoms with Crippen LogP contribution in [0.3, 0.4) is 0 Å². The van der Waals surface area contributed by atoms with Crippen LogP contribution in [0.1, 0.15) is 74.4 Å². The molecule has 0 N–H and O–H groups in total. The predicted octanol–water partition coefficient (Wildman–Crippen LogP) is 8.51. The van der Waals surface area contributed by atoms with E-state index in [9.17, 15) is 18.0 Å². The zero-order valence-corrected chi connectivity index (χ0v) is 21.9. The highest BCUT2D eigenvalue weighted by Gasteiger charge is 2.41. The number of rotatable bonds is 13. The summed E-state index contributed by atoms with van der Waals surface area (Å²) in [7, 11) is 0. The number of halogens is 3. The van der Waals surface area contributed by atoms with Crippen molar-refractivity contribution in [3.63, 3.8) is 0 Å². The van der Waals surface area contributed by atoms with E-state index in [-0.39, 0.29) is 17.0 Å². The molecule has 0 bridgehead atoms. The van der Waals surface area contributed by atoms with Gasteiger partial charge in [-0.05, 0) is 30.7 Å². The summed E-state index contributed by atoms with van der Waals surface area (Å²) in [4.78, 5) is 16.6. The van der Waals surface area contributed by atoms with Gasteiger partial charge < -0.3 is 13.8 Å². The Morgan fingerprint density at radius 1 is 0.923 bits per heavy atom. The normalized spacial score (nSPS) is 11.6. The Hall–Kier alpha value is -3.88. The number of hydrogen-bond acceptors (Lipinski definition) is 5. The van der Waals surface area contributed by atoms with E-state index in [1.54, 1.807) is 59.2 Å². The molecule has 0 amide bonds. The van der Waals surface area contributed by atoms with Crippen LogP contribution in [0.25, 0.3) is 28.2 Å². The summed E-state index contributed by atoms with van der Waals surface area (Å²) in [5, 5.41) is 3.70. The molecule has 0 atom stereocenters. The maximum Gasteiger partial charge on any atom is 0.453 e. The van der Waals surface area contributed by atoms with Crippen molar-refractivity contribution in [2.24, 2.45) is 0 Å². The number of carbonyl (C=O) groups excluding carboxylic acids is 1. The minimum Gasteiger partial charge on any atom is -0.462 e. The number of ether oxygens (including phenoxy) is 1. The molecule has 9 heteroatoms. The minimum atomic E-state index is -4.74. The SMILES string of the molecule is CCCCCCCCCCOC(=O)c1ccc(-n2cnc(-c3c(-c4ccccc4)noc3C(F)(F)F)c2)cc1. The number of hydrogen-bond donors (Lipinski definition) is 0. The number of alkyl halides is 3. The van der Waals surface area contributed by atoms with Crippen LogP contribution in [0.5, 0.6) is 0 Å². The monoisotopic (exact) mass is 539 g/mol. The van der Waals surface area contributed by atoms with Crippen molar-refractivity contribution >= 4 is 5.97 Å². The standard InChI is InChI=1S/C30H32F3N3O3/c1-2-3-4-5-6-7-8-12-19-38-29(37)23-15-17-24(18-16-23)36-20-25(34-21-36)26-27(22-13-10-9-11-14-22)35-39-28(26)30(31,32)33/h9-11,13-18,20-21H,2-8,12,19H2,1H3. The summed E-state index contributed by atoms with van der Waals surface area (Å²) >= 11 is 0. The predicted molar refractivity (Wildman–Crippen MR) is 142 cm³/mol. The first-order valence-electron chi connectivity index (χ1n) is 13.3. The zero-order chi connectivity index (χ0) is 27.7. The van der Waals surface area contributed by atoms with Gasteiger partial charge in [0.25, 0.3) is 0 Å². The number of unbranched alkanes of at least 4 members (excludes halogenated alkanes) is 7. The van der Waals surface area contributed by atoms with E-state index in [1.165, 1.54) is 44.6 Å². The molecule has 0 spiro atoms. The third-order valence-electron chi connectivity index (χ3n) is 6.47. The average Bonchev–Trinajstić information content (AvgIpc) is 3.60. The van der Waals surface area contributed by atoms with Gasteiger partial charge in [0.15, 0.2) is 0 Å². The molecular weight excluding hydrogens is 507 g/mol. The lowest BCUT2D eigenvalue weighted by Gasteiger charge is -2.07. The van der Waals surface area contributed by atoms with E-state index < -0.39 is 17.9 Å². The lowest BCUT2D eigenvalue weighted by Crippen LogP contribution is -2.06. The molecule has 0 aliphatic rings. The smallest absolute Gasteiger partial charge is 0.453 e. The fourth-order valence-corrected chi connectivity index (χ4v) is 4.36. The lowest BCUT2D eigenvalue weighted by molar-refractivity contribution is -0.154. The number of esters is 1. The second kappa shape index (κ2) is 13.3. The van der Waals surface area contributed by atoms with Crippen LogP contribution < -0.4 is 0 Å². The molecule has 0 aliphatic heterocycles. The molecule has 0 aliphatic carbocycles. The highest BCUT2D eigenvalue weighted by Crippen LogP contribution is 2.42. The first-order valence-corrected chi connectivity index (χ1v) is 13.3. The van der Waals surface area contributed by atoms with E-state index >= 15 is 0 Å². The van der Waals surface area contributed by atoms with Crippen molar-refractivity contribution in [1.82, 2.24) is 14.7 Å². The van der Waals surface area contributed by atoms with Crippen LogP contribution in [-0.2, 0) is 10.9 Å². The third kappa shape index (κ3) is 7.37. The highest BCUT2D eigenvalue weighted by molar-refractivity contribution is 5.89. The zero-order valence-electron chi connectivity index (χ0n) is 21.9. The second-order valence-corrected chi connectivity index (χ2v) is 9.42. The minimum absolute atomic E-state index is 0.0581. The first kappa shape index (κ1) is 28.1. The Bertz CT molecular complexity index is 1330. The van der Waals surface area contributed by atoms with Gasteiger partial charge in [-0.2, -0.15) is 13.2 Å². The summed E-state index contributed by atoms with van der Waals surface area (Å²) < 4.78 is 52.8. The molecule has 4 rings (SSSR count). The van der Waals surface area contributed by atoms with Crippen LogP contribution in [-0.4, -0.2) is 27.3 Å². The van der Waals surface area contributed by atoms with Gasteiger partial charge in [0.1, 0.15) is 5.69 Å². The van der Waals surface area contributed by atoms with E-state index in [0.29, 0.717) is 23.4 Å². The van der Waals surface area contributed by atoms with E-state index in [4.69, 9.17) is 9.26 Å². The van der Waals surface area contributed by atoms with Crippen LogP contribution in [0.15, 0.2) is 71.6 Å². The molecule has 2 heterocycles. The Morgan fingerprint density at radius 2 is 1.59 bits per heavy atom. The van der Waals surface area contributed by atoms with Gasteiger partial charge in [-0.15, -0.1) is 0 Å². The highest BCUT2D eigenvalue weighted by atomic mass is 19.4. The maximum absolute atomic E-state index is 13.7. The molecule has 6 nitrogen and oxygen atoms in total. The van der Waals surface area contributed by atoms with E-state index in [0.717, 1.165) is 19.3 Å². The molecule has 0 saturated carbocycles. The van der Waals surface area contributed by atoms with E-state index in [2.05, 4.69) is 17.1 Å². The molecule has 2 aromatic heterocycles. The van der Waals surface area contributed by atoms with Crippen LogP contribution in [0.4, 0.5) is 13.2 Å². The van der Waals surface area contributed by atoms with Crippen molar-refractivity contribution in [1.29, 1.82) is 0 Å². The van der Waals surface area contributed by atoms with Gasteiger partial charge in [-0.3, -0.25) is 0 Å². The number of nitrogens with zero attached hydrogens (tertiary/aromatic N) is 3. The van der Waals surface area contributed by atoms with Crippen molar-refractivity contribution in [3.8, 4) is 28.2 Å². The summed E-state index contributed by atoms with van der Waals surface area (Å²) in [5.74, 6) is -1.61. The molecule has 206 valence electrons. The molecule has 4 aromatic rings. The number of carbonyl (C=O) groups is 1. The Morgan fingerprint density at radius 3 is 2.26 bits per heavy atom. The van der Waals surface area contributed by atoms with Gasteiger partial charge in [0, 0.05) is 17.4 Å². The van der Waals surface area contributed by atoms with Gasteiger partial charge in [-0.1, -0.05) is 87.4 Å². The topological polar surface area (TPSA) is 70.2 Å². The summed E-state index contributed by atoms with van der Waals surface area (Å²) in [6, 6.07) is 15.1. The molecule has 0 fully saturated rings. The van der Waals surface area contributed by atoms with Crippen LogP contribution >= 0.6 is 0 Å². The quantitative estimate of drug-likeness (QED) is 0.126. The number of imidazole rings is 1. The second-order valence-electron chi connectivity index (χ2n) is 9.42. The Kier molecular flexibility index (Phi) is 9.57. The molecule has 0 saturated heterocycles. The molecular formula is C30H32F3N3O3. The third-order valence-corrected chi connectivity index (χ3v) is 6.47. The largest absolute Gasteiger partial charge is 0.462 e. The number of aromatic nitrogens is 3. The van der Waals surface area contributed by atoms with Gasteiger partial charge >= 0.3 is 12.1 Å². The number of benzene rings is 2. The fraction of sp³-hybridized carbons (Fsp3) is 0.367. The van der Waals surface area contributed by atoms with Crippen LogP contribution in [0, 0.1) is 0 Å². The molecule has 0 radical (unpaired) electrons. The molecule has 0 unspecified atom stereocenters. The van der Waals surface area contributed by atoms with E-state index in [1.807, 2.05) is 0 Å². The Balaban J connectivity index is 1.39. The summed E-state index contributed by atoms with van der Waals surface area (Å²) in [6.07, 6.45) is 7.45. The average molecular weight is 540 g/mol. The lowest BCUT2D eigenvalue weighted by atomic mass is 10.0. The van der Waals surface area contributed by atoms with Gasteiger partial charge in [0.05, 0.1) is 29.8 Å². The fourth-order valence-electron chi connectivity index (χ4n) is 4.36. The van der Waals surface area contributed by atoms with Gasteiger partial charge in [0.2, 0.25) is 5.76 Å². The van der Waals surface area contributed by atoms with Crippen molar-refractivity contribution < 1.29 is 27.2 Å². The van der Waals surface area contributed by atoms with Gasteiger partial charge in [-0.25, -0.2) is 9.78 Å². The molecule has 39 heavy (non-hydrogen) atoms. The van der Waals surface area contributed by atoms with Crippen molar-refractivity contribution in [2.75, 3.05) is 6.61 Å². The first-order chi connectivity index (χ1) is 18.9. The summed E-state index contributed by atoms with van der Waals surface area (Å²) in [5.41, 5.74) is 1.41. The Labute approximate surface area is 225 Å². The summed E-state index contributed by atoms with van der Waals surface area (Å²) in [6.45, 7) is 2.58. The van der Waals surface area contributed by atoms with Crippen LogP contribution in [0.2, 0.25) is 0 Å². The van der Waals surface area contributed by atoms with Crippen molar-refractivity contribution in [3.05, 3.63) is 78.4 Å².